The predicted octanol–water partition coefficient (Wildman–Crippen LogP) is 1.59. The maximum absolute atomic E-state index is 5.15. The van der Waals surface area contributed by atoms with Gasteiger partial charge in [0.15, 0.2) is 0 Å². The van der Waals surface area contributed by atoms with Crippen LogP contribution in [0.2, 0.25) is 0 Å². The Morgan fingerprint density at radius 3 is 2.22 bits per heavy atom. The molecule has 0 atom stereocenters. The summed E-state index contributed by atoms with van der Waals surface area (Å²) in [5.74, 6) is 0.691. The minimum absolute atomic E-state index is 0.336. The zero-order valence-electron chi connectivity index (χ0n) is 9.91. The molecule has 3 aromatic rings. The molecule has 0 aliphatic heterocycles. The lowest BCUT2D eigenvalue weighted by Crippen LogP contribution is -1.98. The number of nitrogens with zero attached hydrogens (tertiary/aromatic N) is 4. The Morgan fingerprint density at radius 1 is 0.778 bits per heavy atom. The van der Waals surface area contributed by atoms with Crippen LogP contribution in [0.15, 0.2) is 24.5 Å². The van der Waals surface area contributed by atoms with Crippen molar-refractivity contribution in [1.29, 1.82) is 0 Å². The van der Waals surface area contributed by atoms with Crippen molar-refractivity contribution in [1.82, 2.24) is 19.9 Å². The highest BCUT2D eigenvalue weighted by molar-refractivity contribution is 5.99. The van der Waals surface area contributed by atoms with Crippen molar-refractivity contribution in [2.45, 2.75) is 0 Å². The monoisotopic (exact) mass is 242 g/mol. The van der Waals surface area contributed by atoms with E-state index in [9.17, 15) is 0 Å². The van der Waals surface area contributed by atoms with Crippen molar-refractivity contribution in [3.63, 3.8) is 0 Å². The Hall–Kier alpha value is -2.50. The highest BCUT2D eigenvalue weighted by Crippen LogP contribution is 2.27. The maximum atomic E-state index is 5.15. The third-order valence-corrected chi connectivity index (χ3v) is 2.60. The molecule has 0 bridgehead atoms. The normalized spacial score (nSPS) is 10.8. The lowest BCUT2D eigenvalue weighted by molar-refractivity contribution is 0.334. The van der Waals surface area contributed by atoms with Crippen LogP contribution in [0, 0.1) is 0 Å². The van der Waals surface area contributed by atoms with Gasteiger partial charge < -0.3 is 9.47 Å². The van der Waals surface area contributed by atoms with E-state index in [1.165, 1.54) is 14.2 Å². The van der Waals surface area contributed by atoms with Gasteiger partial charge in [0.2, 0.25) is 0 Å². The van der Waals surface area contributed by atoms with Crippen molar-refractivity contribution in [3.05, 3.63) is 24.5 Å². The fraction of sp³-hybridized carbons (Fsp3) is 0.167. The molecule has 0 spiro atoms. The molecule has 3 rings (SSSR count). The number of methoxy groups -OCH3 is 2. The zero-order valence-corrected chi connectivity index (χ0v) is 9.91. The molecule has 1 aromatic carbocycles. The summed E-state index contributed by atoms with van der Waals surface area (Å²) in [6.45, 7) is 0. The smallest absolute Gasteiger partial charge is 0.278 e. The molecule has 0 radical (unpaired) electrons. The molecular formula is C12H10N4O2. The maximum Gasteiger partial charge on any atom is 0.278 e. The topological polar surface area (TPSA) is 70.0 Å². The first-order valence-electron chi connectivity index (χ1n) is 5.33. The Morgan fingerprint density at radius 2 is 1.44 bits per heavy atom. The molecule has 0 saturated carbocycles. The van der Waals surface area contributed by atoms with Gasteiger partial charge in [0.25, 0.3) is 11.8 Å². The van der Waals surface area contributed by atoms with Gasteiger partial charge in [-0.05, 0) is 12.1 Å². The lowest BCUT2D eigenvalue weighted by atomic mass is 10.2. The largest absolute Gasteiger partial charge is 0.477 e. The van der Waals surface area contributed by atoms with Crippen molar-refractivity contribution >= 4 is 22.1 Å². The van der Waals surface area contributed by atoms with Gasteiger partial charge in [-0.25, -0.2) is 9.97 Å². The Labute approximate surface area is 103 Å². The number of aromatic nitrogens is 4. The van der Waals surface area contributed by atoms with Gasteiger partial charge in [-0.1, -0.05) is 0 Å². The van der Waals surface area contributed by atoms with Crippen molar-refractivity contribution < 1.29 is 9.47 Å². The number of hydrogen-bond donors (Lipinski definition) is 0. The minimum atomic E-state index is 0.336. The van der Waals surface area contributed by atoms with Crippen LogP contribution >= 0.6 is 0 Å². The van der Waals surface area contributed by atoms with Crippen molar-refractivity contribution in [2.75, 3.05) is 14.2 Å². The fourth-order valence-electron chi connectivity index (χ4n) is 1.78. The van der Waals surface area contributed by atoms with E-state index in [2.05, 4.69) is 19.9 Å². The van der Waals surface area contributed by atoms with Gasteiger partial charge in [-0.2, -0.15) is 0 Å². The summed E-state index contributed by atoms with van der Waals surface area (Å²) in [5.41, 5.74) is 2.81. The molecule has 0 aliphatic rings. The third-order valence-electron chi connectivity index (χ3n) is 2.60. The fourth-order valence-corrected chi connectivity index (χ4v) is 1.78. The summed E-state index contributed by atoms with van der Waals surface area (Å²) in [4.78, 5) is 17.2. The summed E-state index contributed by atoms with van der Waals surface area (Å²) in [6.07, 6.45) is 3.27. The van der Waals surface area contributed by atoms with Gasteiger partial charge in [-0.3, -0.25) is 9.97 Å². The molecule has 0 N–H and O–H groups in total. The number of fused-ring (bicyclic) bond motifs is 3. The minimum Gasteiger partial charge on any atom is -0.477 e. The van der Waals surface area contributed by atoms with E-state index in [-0.39, 0.29) is 0 Å². The molecule has 2 aromatic heterocycles. The van der Waals surface area contributed by atoms with Crippen LogP contribution in [-0.4, -0.2) is 34.2 Å². The molecule has 6 heteroatoms. The quantitative estimate of drug-likeness (QED) is 0.635. The highest BCUT2D eigenvalue weighted by Gasteiger charge is 2.12. The molecular weight excluding hydrogens is 232 g/mol. The van der Waals surface area contributed by atoms with E-state index < -0.39 is 0 Å². The Kier molecular flexibility index (Phi) is 2.40. The van der Waals surface area contributed by atoms with Crippen LogP contribution in [-0.2, 0) is 0 Å². The summed E-state index contributed by atoms with van der Waals surface area (Å²) < 4.78 is 10.3. The van der Waals surface area contributed by atoms with E-state index in [0.717, 1.165) is 5.52 Å². The molecule has 0 amide bonds. The molecule has 0 aliphatic carbocycles. The van der Waals surface area contributed by atoms with E-state index in [4.69, 9.17) is 9.47 Å². The van der Waals surface area contributed by atoms with E-state index >= 15 is 0 Å². The van der Waals surface area contributed by atoms with Crippen LogP contribution in [0.3, 0.4) is 0 Å². The number of ether oxygens (including phenoxy) is 2. The summed E-state index contributed by atoms with van der Waals surface area (Å²) >= 11 is 0. The Balaban J connectivity index is 2.43. The average Bonchev–Trinajstić information content (AvgIpc) is 2.45. The molecule has 90 valence electrons. The lowest BCUT2D eigenvalue weighted by Gasteiger charge is -2.07. The second kappa shape index (κ2) is 4.06. The highest BCUT2D eigenvalue weighted by atomic mass is 16.5. The van der Waals surface area contributed by atoms with Gasteiger partial charge in [-0.15, -0.1) is 0 Å². The Bertz CT molecular complexity index is 730. The second-order valence-corrected chi connectivity index (χ2v) is 3.60. The molecule has 0 unspecified atom stereocenters. The first-order chi connectivity index (χ1) is 8.83. The van der Waals surface area contributed by atoms with Crippen molar-refractivity contribution in [2.24, 2.45) is 0 Å². The van der Waals surface area contributed by atoms with Crippen LogP contribution in [0.5, 0.6) is 11.8 Å². The van der Waals surface area contributed by atoms with E-state index in [1.54, 1.807) is 12.4 Å². The van der Waals surface area contributed by atoms with Gasteiger partial charge in [0.05, 0.1) is 25.3 Å². The molecule has 0 saturated heterocycles. The van der Waals surface area contributed by atoms with Gasteiger partial charge in [0.1, 0.15) is 11.0 Å². The van der Waals surface area contributed by atoms with Crippen molar-refractivity contribution in [3.8, 4) is 11.8 Å². The third kappa shape index (κ3) is 1.50. The average molecular weight is 242 g/mol. The second-order valence-electron chi connectivity index (χ2n) is 3.60. The van der Waals surface area contributed by atoms with E-state index in [0.29, 0.717) is 28.3 Å². The van der Waals surface area contributed by atoms with Crippen LogP contribution < -0.4 is 9.47 Å². The number of rotatable bonds is 2. The predicted molar refractivity (Wildman–Crippen MR) is 65.7 cm³/mol. The summed E-state index contributed by atoms with van der Waals surface area (Å²) in [5, 5.41) is 0. The van der Waals surface area contributed by atoms with Gasteiger partial charge in [0, 0.05) is 12.4 Å². The molecule has 6 nitrogen and oxygen atoms in total. The summed E-state index contributed by atoms with van der Waals surface area (Å²) in [7, 11) is 3.05. The molecule has 2 heterocycles. The SMILES string of the molecule is COc1nc2ccc3nccnc3c2nc1OC. The number of hydrogen-bond acceptors (Lipinski definition) is 6. The van der Waals surface area contributed by atoms with Crippen LogP contribution in [0.25, 0.3) is 22.1 Å². The van der Waals surface area contributed by atoms with E-state index in [1.807, 2.05) is 12.1 Å². The first kappa shape index (κ1) is 10.6. The summed E-state index contributed by atoms with van der Waals surface area (Å²) in [6, 6.07) is 3.69. The van der Waals surface area contributed by atoms with Crippen LogP contribution in [0.4, 0.5) is 0 Å². The molecule has 0 fully saturated rings. The number of benzene rings is 1. The molecule has 18 heavy (non-hydrogen) atoms. The zero-order chi connectivity index (χ0) is 12.5. The van der Waals surface area contributed by atoms with Crippen LogP contribution in [0.1, 0.15) is 0 Å². The first-order valence-corrected chi connectivity index (χ1v) is 5.33. The van der Waals surface area contributed by atoms with Gasteiger partial charge >= 0.3 is 0 Å². The standard InChI is InChI=1S/C12H10N4O2/c1-17-11-12(18-2)16-10-8(15-11)4-3-7-9(10)14-6-5-13-7/h3-6H,1-2H3.